The summed E-state index contributed by atoms with van der Waals surface area (Å²) < 4.78 is 0. The lowest BCUT2D eigenvalue weighted by molar-refractivity contribution is 0.580. The summed E-state index contributed by atoms with van der Waals surface area (Å²) >= 11 is 0. The van der Waals surface area contributed by atoms with E-state index in [1.807, 2.05) is 30.6 Å². The van der Waals surface area contributed by atoms with Crippen LogP contribution in [0.3, 0.4) is 0 Å². The number of nitrogens with zero attached hydrogens (tertiary/aromatic N) is 4. The van der Waals surface area contributed by atoms with Crippen molar-refractivity contribution in [2.75, 3.05) is 31.1 Å². The highest BCUT2D eigenvalue weighted by atomic mass is 15.3. The van der Waals surface area contributed by atoms with Gasteiger partial charge in [0.15, 0.2) is 0 Å². The molecule has 0 saturated carbocycles. The lowest BCUT2D eigenvalue weighted by Crippen LogP contribution is -2.44. The first-order chi connectivity index (χ1) is 10.4. The molecule has 2 N–H and O–H groups in total. The molecule has 21 heavy (non-hydrogen) atoms. The van der Waals surface area contributed by atoms with Gasteiger partial charge in [0.1, 0.15) is 5.69 Å². The van der Waals surface area contributed by atoms with Gasteiger partial charge in [-0.25, -0.2) is 9.97 Å². The number of aromatic nitrogens is 4. The summed E-state index contributed by atoms with van der Waals surface area (Å²) in [6, 6.07) is 8.08. The average Bonchev–Trinajstić information content (AvgIpc) is 3.00. The number of para-hydroxylation sites is 1. The van der Waals surface area contributed by atoms with Crippen molar-refractivity contribution in [3.63, 3.8) is 0 Å². The molecule has 6 heteroatoms. The Kier molecular flexibility index (Phi) is 3.01. The second-order valence-electron chi connectivity index (χ2n) is 5.13. The number of H-pyrrole nitrogens is 1. The number of hydrogen-bond acceptors (Lipinski definition) is 5. The third-order valence-electron chi connectivity index (χ3n) is 3.78. The largest absolute Gasteiger partial charge is 0.338 e. The lowest BCUT2D eigenvalue weighted by atomic mass is 10.1. The van der Waals surface area contributed by atoms with Gasteiger partial charge in [-0.05, 0) is 6.07 Å². The van der Waals surface area contributed by atoms with Crippen molar-refractivity contribution < 1.29 is 0 Å². The summed E-state index contributed by atoms with van der Waals surface area (Å²) in [6.45, 7) is 3.86. The van der Waals surface area contributed by atoms with Crippen molar-refractivity contribution in [1.82, 2.24) is 25.5 Å². The van der Waals surface area contributed by atoms with Crippen LogP contribution in [-0.4, -0.2) is 46.3 Å². The zero-order chi connectivity index (χ0) is 14.1. The Bertz CT molecular complexity index is 742. The molecule has 1 saturated heterocycles. The number of anilines is 1. The second kappa shape index (κ2) is 5.14. The van der Waals surface area contributed by atoms with Gasteiger partial charge in [0, 0.05) is 49.5 Å². The van der Waals surface area contributed by atoms with Gasteiger partial charge in [-0.15, -0.1) is 0 Å². The molecule has 106 valence electrons. The quantitative estimate of drug-likeness (QED) is 0.743. The molecule has 6 nitrogen and oxygen atoms in total. The first-order valence-electron chi connectivity index (χ1n) is 7.13. The summed E-state index contributed by atoms with van der Waals surface area (Å²) in [5.41, 5.74) is 2.86. The van der Waals surface area contributed by atoms with E-state index in [9.17, 15) is 0 Å². The minimum absolute atomic E-state index is 0.792. The van der Waals surface area contributed by atoms with E-state index in [0.717, 1.165) is 54.3 Å². The van der Waals surface area contributed by atoms with E-state index >= 15 is 0 Å². The predicted octanol–water partition coefficient (Wildman–Crippen LogP) is 1.43. The Labute approximate surface area is 122 Å². The SMILES string of the molecule is c1ccc2c(-c3cnc(N4CCNCC4)nc3)n[nH]c2c1. The molecule has 1 aliphatic rings. The number of aromatic amines is 1. The van der Waals surface area contributed by atoms with Gasteiger partial charge in [0.25, 0.3) is 0 Å². The van der Waals surface area contributed by atoms with Crippen LogP contribution in [0, 0.1) is 0 Å². The van der Waals surface area contributed by atoms with E-state index < -0.39 is 0 Å². The molecule has 0 amide bonds. The van der Waals surface area contributed by atoms with Crippen LogP contribution >= 0.6 is 0 Å². The highest BCUT2D eigenvalue weighted by Crippen LogP contribution is 2.25. The number of hydrogen-bond donors (Lipinski definition) is 2. The van der Waals surface area contributed by atoms with Crippen LogP contribution in [0.15, 0.2) is 36.7 Å². The second-order valence-corrected chi connectivity index (χ2v) is 5.13. The maximum atomic E-state index is 4.50. The summed E-state index contributed by atoms with van der Waals surface area (Å²) in [7, 11) is 0. The molecule has 0 atom stereocenters. The fourth-order valence-corrected chi connectivity index (χ4v) is 2.66. The van der Waals surface area contributed by atoms with Gasteiger partial charge < -0.3 is 10.2 Å². The fourth-order valence-electron chi connectivity index (χ4n) is 2.66. The molecule has 1 fully saturated rings. The van der Waals surface area contributed by atoms with Gasteiger partial charge in [-0.3, -0.25) is 5.10 Å². The third kappa shape index (κ3) is 2.23. The third-order valence-corrected chi connectivity index (χ3v) is 3.78. The molecule has 1 aromatic carbocycles. The van der Waals surface area contributed by atoms with E-state index in [1.165, 1.54) is 0 Å². The minimum atomic E-state index is 0.792. The summed E-state index contributed by atoms with van der Waals surface area (Å²) in [5, 5.41) is 11.8. The molecule has 3 heterocycles. The predicted molar refractivity (Wildman–Crippen MR) is 82.2 cm³/mol. The zero-order valence-corrected chi connectivity index (χ0v) is 11.6. The van der Waals surface area contributed by atoms with Crippen molar-refractivity contribution in [2.24, 2.45) is 0 Å². The van der Waals surface area contributed by atoms with Crippen LogP contribution < -0.4 is 10.2 Å². The van der Waals surface area contributed by atoms with Gasteiger partial charge in [0.05, 0.1) is 5.52 Å². The molecule has 0 radical (unpaired) electrons. The summed E-state index contributed by atoms with van der Waals surface area (Å²) in [4.78, 5) is 11.2. The first kappa shape index (κ1) is 12.3. The Hall–Kier alpha value is -2.47. The maximum Gasteiger partial charge on any atom is 0.225 e. The minimum Gasteiger partial charge on any atom is -0.338 e. The van der Waals surface area contributed by atoms with Crippen molar-refractivity contribution >= 4 is 16.9 Å². The number of rotatable bonds is 2. The molecular formula is C15H16N6. The lowest BCUT2D eigenvalue weighted by Gasteiger charge is -2.27. The molecule has 0 spiro atoms. The topological polar surface area (TPSA) is 69.7 Å². The Morgan fingerprint density at radius 3 is 2.57 bits per heavy atom. The molecule has 0 unspecified atom stereocenters. The van der Waals surface area contributed by atoms with Crippen LogP contribution in [0.2, 0.25) is 0 Å². The van der Waals surface area contributed by atoms with Crippen LogP contribution in [-0.2, 0) is 0 Å². The van der Waals surface area contributed by atoms with Gasteiger partial charge in [0.2, 0.25) is 5.95 Å². The molecule has 0 aliphatic carbocycles. The van der Waals surface area contributed by atoms with E-state index in [0.29, 0.717) is 0 Å². The monoisotopic (exact) mass is 280 g/mol. The Morgan fingerprint density at radius 1 is 1.00 bits per heavy atom. The maximum absolute atomic E-state index is 4.50. The van der Waals surface area contributed by atoms with Crippen molar-refractivity contribution in [3.8, 4) is 11.3 Å². The molecule has 3 aromatic rings. The number of piperazine rings is 1. The highest BCUT2D eigenvalue weighted by Gasteiger charge is 2.14. The average molecular weight is 280 g/mol. The highest BCUT2D eigenvalue weighted by molar-refractivity contribution is 5.92. The van der Waals surface area contributed by atoms with Crippen LogP contribution in [0.25, 0.3) is 22.2 Å². The first-order valence-corrected chi connectivity index (χ1v) is 7.13. The Morgan fingerprint density at radius 2 is 1.76 bits per heavy atom. The van der Waals surface area contributed by atoms with Crippen LogP contribution in [0.5, 0.6) is 0 Å². The number of benzene rings is 1. The molecule has 4 rings (SSSR count). The van der Waals surface area contributed by atoms with Crippen molar-refractivity contribution in [3.05, 3.63) is 36.7 Å². The van der Waals surface area contributed by atoms with Gasteiger partial charge in [-0.1, -0.05) is 18.2 Å². The number of fused-ring (bicyclic) bond motifs is 1. The smallest absolute Gasteiger partial charge is 0.225 e. The van der Waals surface area contributed by atoms with Crippen LogP contribution in [0.4, 0.5) is 5.95 Å². The molecular weight excluding hydrogens is 264 g/mol. The van der Waals surface area contributed by atoms with E-state index in [1.54, 1.807) is 0 Å². The van der Waals surface area contributed by atoms with Gasteiger partial charge in [-0.2, -0.15) is 5.10 Å². The molecule has 0 bridgehead atoms. The van der Waals surface area contributed by atoms with Crippen LogP contribution in [0.1, 0.15) is 0 Å². The van der Waals surface area contributed by atoms with Crippen molar-refractivity contribution in [2.45, 2.75) is 0 Å². The summed E-state index contributed by atoms with van der Waals surface area (Å²) in [6.07, 6.45) is 3.71. The molecule has 1 aliphatic heterocycles. The van der Waals surface area contributed by atoms with E-state index in [-0.39, 0.29) is 0 Å². The van der Waals surface area contributed by atoms with Crippen molar-refractivity contribution in [1.29, 1.82) is 0 Å². The fraction of sp³-hybridized carbons (Fsp3) is 0.267. The standard InChI is InChI=1S/C15H16N6/c1-2-4-13-12(3-1)14(20-19-13)11-9-17-15(18-10-11)21-7-5-16-6-8-21/h1-4,9-10,16H,5-8H2,(H,19,20). The Balaban J connectivity index is 1.67. The summed E-state index contributed by atoms with van der Waals surface area (Å²) in [5.74, 6) is 0.792. The molecule has 2 aromatic heterocycles. The normalized spacial score (nSPS) is 15.5. The number of nitrogens with one attached hydrogen (secondary N) is 2. The van der Waals surface area contributed by atoms with E-state index in [2.05, 4.69) is 36.4 Å². The van der Waals surface area contributed by atoms with Gasteiger partial charge >= 0.3 is 0 Å². The zero-order valence-electron chi connectivity index (χ0n) is 11.6. The van der Waals surface area contributed by atoms with E-state index in [4.69, 9.17) is 0 Å².